The van der Waals surface area contributed by atoms with Crippen LogP contribution in [0, 0.1) is 0 Å². The minimum Gasteiger partial charge on any atom is -0.453 e. The molecule has 0 fully saturated rings. The van der Waals surface area contributed by atoms with Crippen LogP contribution >= 0.6 is 0 Å². The first-order valence-electron chi connectivity index (χ1n) is 18.8. The molecule has 0 amide bonds. The number of aromatic nitrogens is 4. The van der Waals surface area contributed by atoms with Crippen molar-refractivity contribution in [2.45, 2.75) is 0 Å². The van der Waals surface area contributed by atoms with Crippen molar-refractivity contribution in [2.24, 2.45) is 0 Å². The summed E-state index contributed by atoms with van der Waals surface area (Å²) in [7, 11) is 0. The number of fused-ring (bicyclic) bond motifs is 7. The number of nitrogens with zero attached hydrogens (tertiary/aromatic N) is 4. The molecule has 0 saturated heterocycles. The van der Waals surface area contributed by atoms with Gasteiger partial charge in [-0.25, -0.2) is 15.0 Å². The van der Waals surface area contributed by atoms with Gasteiger partial charge in [0.2, 0.25) is 0 Å². The maximum atomic E-state index is 7.05. The van der Waals surface area contributed by atoms with Crippen LogP contribution in [-0.4, -0.2) is 19.5 Å². The lowest BCUT2D eigenvalue weighted by molar-refractivity contribution is 0.672. The number of hydrogen-bond donors (Lipinski definition) is 0. The van der Waals surface area contributed by atoms with E-state index in [1.165, 1.54) is 16.5 Å². The molecular weight excluding hydrogens is 685 g/mol. The predicted octanol–water partition coefficient (Wildman–Crippen LogP) is 13.2. The first kappa shape index (κ1) is 31.9. The van der Waals surface area contributed by atoms with E-state index in [0.29, 0.717) is 17.5 Å². The van der Waals surface area contributed by atoms with Gasteiger partial charge in [-0.05, 0) is 41.0 Å². The van der Waals surface area contributed by atoms with E-state index in [9.17, 15) is 0 Å². The van der Waals surface area contributed by atoms with Gasteiger partial charge >= 0.3 is 0 Å². The fraction of sp³-hybridized carbons (Fsp3) is 0. The third-order valence-corrected chi connectivity index (χ3v) is 10.7. The fourth-order valence-corrected chi connectivity index (χ4v) is 7.99. The summed E-state index contributed by atoms with van der Waals surface area (Å²) in [6.45, 7) is 0. The van der Waals surface area contributed by atoms with Crippen LogP contribution in [0.4, 0.5) is 0 Å². The molecule has 0 radical (unpaired) electrons. The van der Waals surface area contributed by atoms with Gasteiger partial charge in [-0.1, -0.05) is 170 Å². The molecule has 3 heterocycles. The number of rotatable bonds is 6. The third-order valence-electron chi connectivity index (χ3n) is 10.7. The molecule has 5 nitrogen and oxygen atoms in total. The molecule has 0 spiro atoms. The van der Waals surface area contributed by atoms with Crippen LogP contribution in [0.5, 0.6) is 0 Å². The molecule has 0 unspecified atom stereocenters. The van der Waals surface area contributed by atoms with E-state index in [1.54, 1.807) is 0 Å². The first-order chi connectivity index (χ1) is 27.8. The SMILES string of the molecule is c1ccc(-c2cccc(-n3c4ccccc4c4ccc5c6cccc(-c7ccc(-c8nc(-c9ccccc9)nc(-c9ccccc9)n8)cc7)c6oc5c43)c2)cc1. The summed E-state index contributed by atoms with van der Waals surface area (Å²) in [6.07, 6.45) is 0. The maximum absolute atomic E-state index is 7.05. The Morgan fingerprint density at radius 2 is 0.839 bits per heavy atom. The van der Waals surface area contributed by atoms with E-state index in [4.69, 9.17) is 19.4 Å². The van der Waals surface area contributed by atoms with Crippen molar-refractivity contribution in [2.75, 3.05) is 0 Å². The van der Waals surface area contributed by atoms with Crippen molar-refractivity contribution in [3.05, 3.63) is 194 Å². The number of furan rings is 1. The van der Waals surface area contributed by atoms with Crippen molar-refractivity contribution in [1.82, 2.24) is 19.5 Å². The minimum absolute atomic E-state index is 0.623. The van der Waals surface area contributed by atoms with Gasteiger partial charge in [0, 0.05) is 49.5 Å². The Labute approximate surface area is 322 Å². The maximum Gasteiger partial charge on any atom is 0.164 e. The summed E-state index contributed by atoms with van der Waals surface area (Å²) in [5.74, 6) is 1.90. The molecule has 0 N–H and O–H groups in total. The molecule has 0 bridgehead atoms. The Morgan fingerprint density at radius 1 is 0.339 bits per heavy atom. The molecule has 8 aromatic carbocycles. The lowest BCUT2D eigenvalue weighted by Gasteiger charge is -2.10. The molecule has 0 aliphatic carbocycles. The quantitative estimate of drug-likeness (QED) is 0.172. The second-order valence-electron chi connectivity index (χ2n) is 14.0. The number of para-hydroxylation sites is 2. The lowest BCUT2D eigenvalue weighted by atomic mass is 10.0. The van der Waals surface area contributed by atoms with Crippen LogP contribution in [0.25, 0.3) is 106 Å². The highest BCUT2D eigenvalue weighted by atomic mass is 16.3. The van der Waals surface area contributed by atoms with Gasteiger partial charge in [-0.2, -0.15) is 0 Å². The zero-order valence-electron chi connectivity index (χ0n) is 30.2. The number of benzene rings is 8. The molecule has 5 heteroatoms. The Bertz CT molecular complexity index is 3160. The minimum atomic E-state index is 0.623. The molecule has 0 atom stereocenters. The molecule has 0 aliphatic rings. The first-order valence-corrected chi connectivity index (χ1v) is 18.8. The highest BCUT2D eigenvalue weighted by molar-refractivity contribution is 6.22. The standard InChI is InChI=1S/C51H32N4O/c1-4-14-33(15-5-1)38-20-12-21-39(32-38)55-45-25-11-10-22-41(45)42-30-31-44-43-24-13-23-40(47(43)56-48(44)46(42)55)34-26-28-37(29-27-34)51-53-49(35-16-6-2-7-17-35)52-50(54-51)36-18-8-3-9-19-36/h1-32H. The smallest absolute Gasteiger partial charge is 0.164 e. The van der Waals surface area contributed by atoms with E-state index in [1.807, 2.05) is 60.7 Å². The normalized spacial score (nSPS) is 11.6. The highest BCUT2D eigenvalue weighted by Gasteiger charge is 2.21. The summed E-state index contributed by atoms with van der Waals surface area (Å²) >= 11 is 0. The molecule has 3 aromatic heterocycles. The molecule has 11 rings (SSSR count). The zero-order valence-corrected chi connectivity index (χ0v) is 30.2. The Hall–Kier alpha value is -7.63. The van der Waals surface area contributed by atoms with Crippen molar-refractivity contribution < 1.29 is 4.42 Å². The summed E-state index contributed by atoms with van der Waals surface area (Å²) in [6, 6.07) is 67.4. The van der Waals surface area contributed by atoms with Gasteiger partial charge in [-0.15, -0.1) is 0 Å². The van der Waals surface area contributed by atoms with Gasteiger partial charge in [0.1, 0.15) is 5.58 Å². The molecular formula is C51H32N4O. The predicted molar refractivity (Wildman–Crippen MR) is 229 cm³/mol. The van der Waals surface area contributed by atoms with Gasteiger partial charge in [0.25, 0.3) is 0 Å². The van der Waals surface area contributed by atoms with Crippen LogP contribution in [0.2, 0.25) is 0 Å². The average Bonchev–Trinajstić information content (AvgIpc) is 3.84. The van der Waals surface area contributed by atoms with Crippen LogP contribution in [-0.2, 0) is 0 Å². The summed E-state index contributed by atoms with van der Waals surface area (Å²) < 4.78 is 9.41. The molecule has 262 valence electrons. The van der Waals surface area contributed by atoms with Crippen LogP contribution in [0.15, 0.2) is 199 Å². The van der Waals surface area contributed by atoms with Gasteiger partial charge in [0.15, 0.2) is 23.1 Å². The summed E-state index contributed by atoms with van der Waals surface area (Å²) in [5, 5.41) is 4.51. The van der Waals surface area contributed by atoms with Crippen molar-refractivity contribution in [3.63, 3.8) is 0 Å². The van der Waals surface area contributed by atoms with Gasteiger partial charge in [-0.3, -0.25) is 0 Å². The fourth-order valence-electron chi connectivity index (χ4n) is 7.99. The Kier molecular flexibility index (Phi) is 7.42. The Morgan fingerprint density at radius 3 is 1.52 bits per heavy atom. The molecule has 11 aromatic rings. The number of hydrogen-bond acceptors (Lipinski definition) is 4. The third kappa shape index (κ3) is 5.29. The monoisotopic (exact) mass is 716 g/mol. The van der Waals surface area contributed by atoms with Crippen molar-refractivity contribution in [3.8, 4) is 62.1 Å². The van der Waals surface area contributed by atoms with E-state index in [2.05, 4.69) is 138 Å². The lowest BCUT2D eigenvalue weighted by Crippen LogP contribution is -2.00. The average molecular weight is 717 g/mol. The Balaban J connectivity index is 1.06. The largest absolute Gasteiger partial charge is 0.453 e. The van der Waals surface area contributed by atoms with E-state index in [0.717, 1.165) is 71.9 Å². The second-order valence-corrected chi connectivity index (χ2v) is 14.0. The van der Waals surface area contributed by atoms with E-state index in [-0.39, 0.29) is 0 Å². The van der Waals surface area contributed by atoms with E-state index >= 15 is 0 Å². The van der Waals surface area contributed by atoms with Crippen LogP contribution in [0.3, 0.4) is 0 Å². The van der Waals surface area contributed by atoms with Crippen LogP contribution in [0.1, 0.15) is 0 Å². The van der Waals surface area contributed by atoms with Crippen molar-refractivity contribution >= 4 is 43.7 Å². The van der Waals surface area contributed by atoms with E-state index < -0.39 is 0 Å². The molecule has 0 aliphatic heterocycles. The topological polar surface area (TPSA) is 56.7 Å². The van der Waals surface area contributed by atoms with Crippen LogP contribution < -0.4 is 0 Å². The molecule has 0 saturated carbocycles. The summed E-state index contributed by atoms with van der Waals surface area (Å²) in [4.78, 5) is 14.7. The molecule has 56 heavy (non-hydrogen) atoms. The van der Waals surface area contributed by atoms with Gasteiger partial charge < -0.3 is 8.98 Å². The van der Waals surface area contributed by atoms with Gasteiger partial charge in [0.05, 0.1) is 11.0 Å². The second kappa shape index (κ2) is 13.0. The summed E-state index contributed by atoms with van der Waals surface area (Å²) in [5.41, 5.74) is 12.2. The highest BCUT2D eigenvalue weighted by Crippen LogP contribution is 2.43. The zero-order chi connectivity index (χ0) is 37.0. The van der Waals surface area contributed by atoms with Crippen molar-refractivity contribution in [1.29, 1.82) is 0 Å².